The van der Waals surface area contributed by atoms with Crippen molar-refractivity contribution in [1.29, 1.82) is 0 Å². The van der Waals surface area contributed by atoms with Gasteiger partial charge in [-0.05, 0) is 13.1 Å². The van der Waals surface area contributed by atoms with E-state index in [1.807, 2.05) is 0 Å². The first-order valence-electron chi connectivity index (χ1n) is 5.62. The van der Waals surface area contributed by atoms with Crippen LogP contribution in [0.15, 0.2) is 12.4 Å². The second-order valence-electron chi connectivity index (χ2n) is 3.40. The summed E-state index contributed by atoms with van der Waals surface area (Å²) >= 11 is 0. The molecule has 0 atom stereocenters. The Morgan fingerprint density at radius 2 is 1.88 bits per heavy atom. The molecule has 16 heavy (non-hydrogen) atoms. The van der Waals surface area contributed by atoms with Crippen LogP contribution in [0.25, 0.3) is 0 Å². The van der Waals surface area contributed by atoms with Crippen LogP contribution in [0.1, 0.15) is 13.8 Å². The smallest absolute Gasteiger partial charge is 0.222 e. The van der Waals surface area contributed by atoms with Crippen LogP contribution in [0.5, 0.6) is 5.75 Å². The molecule has 0 aromatic carbocycles. The van der Waals surface area contributed by atoms with Crippen molar-refractivity contribution in [3.63, 3.8) is 0 Å². The standard InChI is InChI=1S/C11H20N4O/c1-4-15(5-2)7-6-12-11-13-8-10(16-3)9-14-11/h8-9H,4-7H2,1-3H3,(H,12,13,14). The van der Waals surface area contributed by atoms with Crippen molar-refractivity contribution in [3.8, 4) is 5.75 Å². The quantitative estimate of drug-likeness (QED) is 0.755. The average molecular weight is 224 g/mol. The van der Waals surface area contributed by atoms with Crippen LogP contribution < -0.4 is 10.1 Å². The highest BCUT2D eigenvalue weighted by Crippen LogP contribution is 2.06. The van der Waals surface area contributed by atoms with Crippen LogP contribution in [0.2, 0.25) is 0 Å². The van der Waals surface area contributed by atoms with E-state index < -0.39 is 0 Å². The minimum Gasteiger partial charge on any atom is -0.494 e. The maximum Gasteiger partial charge on any atom is 0.222 e. The lowest BCUT2D eigenvalue weighted by molar-refractivity contribution is 0.316. The van der Waals surface area contributed by atoms with Gasteiger partial charge in [-0.3, -0.25) is 0 Å². The molecule has 1 rings (SSSR count). The Morgan fingerprint density at radius 1 is 1.25 bits per heavy atom. The molecule has 5 nitrogen and oxygen atoms in total. The molecule has 90 valence electrons. The Morgan fingerprint density at radius 3 is 2.38 bits per heavy atom. The number of hydrogen-bond donors (Lipinski definition) is 1. The summed E-state index contributed by atoms with van der Waals surface area (Å²) < 4.78 is 4.99. The van der Waals surface area contributed by atoms with Crippen molar-refractivity contribution < 1.29 is 4.74 Å². The van der Waals surface area contributed by atoms with Crippen LogP contribution in [0.4, 0.5) is 5.95 Å². The van der Waals surface area contributed by atoms with Gasteiger partial charge in [-0.15, -0.1) is 0 Å². The third-order valence-electron chi connectivity index (χ3n) is 2.47. The van der Waals surface area contributed by atoms with E-state index in [0.29, 0.717) is 11.7 Å². The fourth-order valence-corrected chi connectivity index (χ4v) is 1.38. The topological polar surface area (TPSA) is 50.3 Å². The first kappa shape index (κ1) is 12.7. The molecule has 0 amide bonds. The van der Waals surface area contributed by atoms with Crippen LogP contribution in [0.3, 0.4) is 0 Å². The first-order chi connectivity index (χ1) is 7.80. The fourth-order valence-electron chi connectivity index (χ4n) is 1.38. The number of rotatable bonds is 7. The van der Waals surface area contributed by atoms with Gasteiger partial charge in [0.2, 0.25) is 5.95 Å². The van der Waals surface area contributed by atoms with Crippen molar-refractivity contribution in [2.45, 2.75) is 13.8 Å². The number of nitrogens with one attached hydrogen (secondary N) is 1. The highest BCUT2D eigenvalue weighted by Gasteiger charge is 1.99. The zero-order valence-electron chi connectivity index (χ0n) is 10.2. The lowest BCUT2D eigenvalue weighted by Crippen LogP contribution is -2.28. The Labute approximate surface area is 96.8 Å². The number of hydrogen-bond acceptors (Lipinski definition) is 5. The molecule has 5 heteroatoms. The molecule has 0 aliphatic rings. The molecule has 0 spiro atoms. The zero-order valence-corrected chi connectivity index (χ0v) is 10.2. The molecule has 0 fully saturated rings. The van der Waals surface area contributed by atoms with Gasteiger partial charge in [-0.1, -0.05) is 13.8 Å². The van der Waals surface area contributed by atoms with Crippen molar-refractivity contribution in [1.82, 2.24) is 14.9 Å². The van der Waals surface area contributed by atoms with Gasteiger partial charge in [0, 0.05) is 13.1 Å². The van der Waals surface area contributed by atoms with Crippen molar-refractivity contribution in [2.75, 3.05) is 38.6 Å². The van der Waals surface area contributed by atoms with E-state index >= 15 is 0 Å². The number of ether oxygens (including phenoxy) is 1. The summed E-state index contributed by atoms with van der Waals surface area (Å²) in [4.78, 5) is 10.6. The Bertz CT molecular complexity index is 285. The summed E-state index contributed by atoms with van der Waals surface area (Å²) in [6.45, 7) is 8.32. The number of nitrogens with zero attached hydrogens (tertiary/aromatic N) is 3. The number of methoxy groups -OCH3 is 1. The van der Waals surface area contributed by atoms with E-state index in [-0.39, 0.29) is 0 Å². The van der Waals surface area contributed by atoms with Crippen LogP contribution in [-0.4, -0.2) is 48.2 Å². The number of anilines is 1. The molecule has 0 unspecified atom stereocenters. The maximum absolute atomic E-state index is 4.99. The van der Waals surface area contributed by atoms with Gasteiger partial charge >= 0.3 is 0 Å². The Balaban J connectivity index is 2.31. The van der Waals surface area contributed by atoms with Gasteiger partial charge in [0.1, 0.15) is 0 Å². The summed E-state index contributed by atoms with van der Waals surface area (Å²) in [5.74, 6) is 1.32. The van der Waals surface area contributed by atoms with Crippen LogP contribution >= 0.6 is 0 Å². The molecule has 0 aliphatic heterocycles. The van der Waals surface area contributed by atoms with Crippen molar-refractivity contribution in [2.24, 2.45) is 0 Å². The summed E-state index contributed by atoms with van der Waals surface area (Å²) in [5, 5.41) is 3.18. The van der Waals surface area contributed by atoms with E-state index in [4.69, 9.17) is 4.74 Å². The molecule has 0 saturated heterocycles. The third kappa shape index (κ3) is 4.02. The SMILES string of the molecule is CCN(CC)CCNc1ncc(OC)cn1. The second-order valence-corrected chi connectivity index (χ2v) is 3.40. The van der Waals surface area contributed by atoms with Gasteiger partial charge < -0.3 is 15.0 Å². The second kappa shape index (κ2) is 7.00. The van der Waals surface area contributed by atoms with Crippen LogP contribution in [-0.2, 0) is 0 Å². The summed E-state index contributed by atoms with van der Waals surface area (Å²) in [6, 6.07) is 0. The third-order valence-corrected chi connectivity index (χ3v) is 2.47. The highest BCUT2D eigenvalue weighted by atomic mass is 16.5. The van der Waals surface area contributed by atoms with Gasteiger partial charge in [-0.2, -0.15) is 0 Å². The molecule has 1 aromatic rings. The number of likely N-dealkylation sites (N-methyl/N-ethyl adjacent to an activating group) is 1. The highest BCUT2D eigenvalue weighted by molar-refractivity contribution is 5.26. The molecular weight excluding hydrogens is 204 g/mol. The van der Waals surface area contributed by atoms with E-state index in [0.717, 1.165) is 26.2 Å². The van der Waals surface area contributed by atoms with E-state index in [1.54, 1.807) is 19.5 Å². The van der Waals surface area contributed by atoms with E-state index in [1.165, 1.54) is 0 Å². The van der Waals surface area contributed by atoms with E-state index in [9.17, 15) is 0 Å². The molecule has 1 heterocycles. The zero-order chi connectivity index (χ0) is 11.8. The summed E-state index contributed by atoms with van der Waals surface area (Å²) in [5.41, 5.74) is 0. The van der Waals surface area contributed by atoms with Crippen LogP contribution in [0, 0.1) is 0 Å². The van der Waals surface area contributed by atoms with Crippen molar-refractivity contribution in [3.05, 3.63) is 12.4 Å². The molecule has 0 aliphatic carbocycles. The molecular formula is C11H20N4O. The normalized spacial score (nSPS) is 10.5. The van der Waals surface area contributed by atoms with Gasteiger partial charge in [0.25, 0.3) is 0 Å². The predicted octanol–water partition coefficient (Wildman–Crippen LogP) is 1.24. The van der Waals surface area contributed by atoms with Gasteiger partial charge in [0.05, 0.1) is 19.5 Å². The summed E-state index contributed by atoms with van der Waals surface area (Å²) in [6.07, 6.45) is 3.32. The first-order valence-corrected chi connectivity index (χ1v) is 5.62. The predicted molar refractivity (Wildman–Crippen MR) is 64.9 cm³/mol. The molecule has 1 aromatic heterocycles. The monoisotopic (exact) mass is 224 g/mol. The molecule has 0 saturated carbocycles. The lowest BCUT2D eigenvalue weighted by Gasteiger charge is -2.17. The largest absolute Gasteiger partial charge is 0.494 e. The Hall–Kier alpha value is -1.36. The van der Waals surface area contributed by atoms with E-state index in [2.05, 4.69) is 34.0 Å². The fraction of sp³-hybridized carbons (Fsp3) is 0.636. The minimum atomic E-state index is 0.646. The maximum atomic E-state index is 4.99. The average Bonchev–Trinajstić information content (AvgIpc) is 2.35. The molecule has 1 N–H and O–H groups in total. The van der Waals surface area contributed by atoms with Crippen molar-refractivity contribution >= 4 is 5.95 Å². The lowest BCUT2D eigenvalue weighted by atomic mass is 10.4. The molecule has 0 bridgehead atoms. The van der Waals surface area contributed by atoms with Gasteiger partial charge in [-0.25, -0.2) is 9.97 Å². The summed E-state index contributed by atoms with van der Waals surface area (Å²) in [7, 11) is 1.60. The Kier molecular flexibility index (Phi) is 5.56. The number of aromatic nitrogens is 2. The molecule has 0 radical (unpaired) electrons. The van der Waals surface area contributed by atoms with Gasteiger partial charge in [0.15, 0.2) is 5.75 Å². The minimum absolute atomic E-state index is 0.646.